The van der Waals surface area contributed by atoms with Crippen LogP contribution in [0.3, 0.4) is 0 Å². The van der Waals surface area contributed by atoms with E-state index in [1.54, 1.807) is 0 Å². The SMILES string of the molecule is CCC[CH2][Sn]([CH2]CCC)([CH2]CCC)/[C](=C/CO[Si](C)(C)C(C)(C)C)C(=O)OCC. The molecule has 0 atom stereocenters. The molecular weight excluding hydrogens is 483 g/mol. The molecule has 0 N–H and O–H groups in total. The summed E-state index contributed by atoms with van der Waals surface area (Å²) < 4.78 is 17.0. The molecule has 0 rings (SSSR count). The van der Waals surface area contributed by atoms with Crippen molar-refractivity contribution in [3.8, 4) is 0 Å². The second-order valence-electron chi connectivity index (χ2n) is 10.0. The molecular formula is C24H50O3SiSn. The summed E-state index contributed by atoms with van der Waals surface area (Å²) in [6.45, 7) is 21.1. The molecule has 0 aromatic carbocycles. The average molecular weight is 533 g/mol. The van der Waals surface area contributed by atoms with Gasteiger partial charge in [-0.1, -0.05) is 0 Å². The van der Waals surface area contributed by atoms with Gasteiger partial charge < -0.3 is 0 Å². The number of hydrogen-bond donors (Lipinski definition) is 0. The Morgan fingerprint density at radius 1 is 0.897 bits per heavy atom. The van der Waals surface area contributed by atoms with Crippen LogP contribution < -0.4 is 0 Å². The van der Waals surface area contributed by atoms with Crippen LogP contribution in [0, 0.1) is 0 Å². The fraction of sp³-hybridized carbons (Fsp3) is 0.875. The van der Waals surface area contributed by atoms with Crippen molar-refractivity contribution in [2.45, 2.75) is 118 Å². The van der Waals surface area contributed by atoms with E-state index >= 15 is 0 Å². The molecule has 0 heterocycles. The van der Waals surface area contributed by atoms with E-state index in [1.165, 1.54) is 51.8 Å². The molecule has 0 spiro atoms. The van der Waals surface area contributed by atoms with Gasteiger partial charge in [0.1, 0.15) is 0 Å². The van der Waals surface area contributed by atoms with Crippen LogP contribution in [0.1, 0.15) is 87.0 Å². The first-order chi connectivity index (χ1) is 13.5. The van der Waals surface area contributed by atoms with Crippen LogP contribution >= 0.6 is 0 Å². The van der Waals surface area contributed by atoms with E-state index in [2.05, 4.69) is 60.7 Å². The Hall–Kier alpha value is 0.186. The molecule has 0 aromatic heterocycles. The van der Waals surface area contributed by atoms with Gasteiger partial charge in [-0.25, -0.2) is 0 Å². The molecule has 0 aromatic rings. The molecule has 0 unspecified atom stereocenters. The van der Waals surface area contributed by atoms with Crippen LogP contribution in [0.2, 0.25) is 31.4 Å². The predicted molar refractivity (Wildman–Crippen MR) is 133 cm³/mol. The average Bonchev–Trinajstić information content (AvgIpc) is 2.64. The van der Waals surface area contributed by atoms with Crippen LogP contribution in [-0.2, 0) is 14.0 Å². The van der Waals surface area contributed by atoms with Gasteiger partial charge in [-0.3, -0.25) is 0 Å². The summed E-state index contributed by atoms with van der Waals surface area (Å²) in [7, 11) is -1.83. The molecule has 0 radical (unpaired) electrons. The first-order valence-corrected chi connectivity index (χ1v) is 22.4. The van der Waals surface area contributed by atoms with Crippen LogP contribution in [-0.4, -0.2) is 45.9 Å². The van der Waals surface area contributed by atoms with E-state index in [-0.39, 0.29) is 11.0 Å². The third-order valence-electron chi connectivity index (χ3n) is 6.63. The Bertz CT molecular complexity index is 473. The van der Waals surface area contributed by atoms with Crippen molar-refractivity contribution in [2.75, 3.05) is 13.2 Å². The van der Waals surface area contributed by atoms with E-state index < -0.39 is 26.7 Å². The summed E-state index contributed by atoms with van der Waals surface area (Å²) in [5, 5.41) is 0.179. The second-order valence-corrected chi connectivity index (χ2v) is 27.9. The molecule has 0 bridgehead atoms. The third kappa shape index (κ3) is 9.90. The first-order valence-electron chi connectivity index (χ1n) is 12.0. The molecule has 5 heteroatoms. The first kappa shape index (κ1) is 29.2. The number of ether oxygens (including phenoxy) is 1. The fourth-order valence-electron chi connectivity index (χ4n) is 3.60. The van der Waals surface area contributed by atoms with E-state index in [0.29, 0.717) is 13.2 Å². The number of carbonyl (C=O) groups is 1. The molecule has 29 heavy (non-hydrogen) atoms. The van der Waals surface area contributed by atoms with E-state index in [0.717, 1.165) is 3.59 Å². The van der Waals surface area contributed by atoms with Crippen LogP contribution in [0.4, 0.5) is 0 Å². The van der Waals surface area contributed by atoms with Crippen LogP contribution in [0.15, 0.2) is 9.67 Å². The Labute approximate surface area is 187 Å². The number of hydrogen-bond acceptors (Lipinski definition) is 3. The normalized spacial score (nSPS) is 13.6. The molecule has 3 nitrogen and oxygen atoms in total. The topological polar surface area (TPSA) is 35.5 Å². The zero-order valence-corrected chi connectivity index (χ0v) is 24.9. The second kappa shape index (κ2) is 14.3. The maximum absolute atomic E-state index is 13.1. The number of esters is 1. The van der Waals surface area contributed by atoms with Gasteiger partial charge in [0.05, 0.1) is 0 Å². The van der Waals surface area contributed by atoms with Crippen molar-refractivity contribution in [1.29, 1.82) is 0 Å². The van der Waals surface area contributed by atoms with Gasteiger partial charge in [-0.15, -0.1) is 0 Å². The van der Waals surface area contributed by atoms with Gasteiger partial charge in [0.25, 0.3) is 0 Å². The Kier molecular flexibility index (Phi) is 14.4. The summed E-state index contributed by atoms with van der Waals surface area (Å²) in [6.07, 6.45) is 9.50. The van der Waals surface area contributed by atoms with Crippen molar-refractivity contribution in [2.24, 2.45) is 0 Å². The standard InChI is InChI=1S/C12H23O3Si.3C4H9.Sn/c1-7-14-11(13)9-8-10-15-16(5,6)12(2,3)4;3*1-3-4-2;/h8H,7,10H2,1-6H3;3*1,3-4H2,2H3;. The molecule has 0 aliphatic rings. The fourth-order valence-corrected chi connectivity index (χ4v) is 20.7. The van der Waals surface area contributed by atoms with Crippen molar-refractivity contribution < 1.29 is 14.0 Å². The molecule has 0 saturated carbocycles. The van der Waals surface area contributed by atoms with Gasteiger partial charge in [0.2, 0.25) is 0 Å². The molecule has 0 saturated heterocycles. The van der Waals surface area contributed by atoms with Gasteiger partial charge in [-0.05, 0) is 0 Å². The van der Waals surface area contributed by atoms with Gasteiger partial charge in [0.15, 0.2) is 0 Å². The van der Waals surface area contributed by atoms with E-state index in [1.807, 2.05) is 6.92 Å². The molecule has 0 aliphatic heterocycles. The Morgan fingerprint density at radius 2 is 1.34 bits per heavy atom. The summed E-state index contributed by atoms with van der Waals surface area (Å²) in [5.41, 5.74) is 0. The quantitative estimate of drug-likeness (QED) is 0.122. The zero-order valence-electron chi connectivity index (χ0n) is 21.1. The summed E-state index contributed by atoms with van der Waals surface area (Å²) in [6, 6.07) is 0. The number of unbranched alkanes of at least 4 members (excludes halogenated alkanes) is 3. The van der Waals surface area contributed by atoms with E-state index in [9.17, 15) is 4.79 Å². The molecule has 0 aliphatic carbocycles. The van der Waals surface area contributed by atoms with Crippen molar-refractivity contribution in [1.82, 2.24) is 0 Å². The Morgan fingerprint density at radius 3 is 1.69 bits per heavy atom. The van der Waals surface area contributed by atoms with E-state index in [4.69, 9.17) is 9.16 Å². The predicted octanol–water partition coefficient (Wildman–Crippen LogP) is 7.89. The number of carbonyl (C=O) groups excluding carboxylic acids is 1. The molecule has 172 valence electrons. The summed E-state index contributed by atoms with van der Waals surface area (Å²) >= 11 is -2.85. The molecule has 0 fully saturated rings. The third-order valence-corrected chi connectivity index (χ3v) is 26.8. The van der Waals surface area contributed by atoms with Crippen LogP contribution in [0.25, 0.3) is 0 Å². The molecule has 0 amide bonds. The summed E-state index contributed by atoms with van der Waals surface area (Å²) in [4.78, 5) is 13.1. The van der Waals surface area contributed by atoms with Crippen molar-refractivity contribution in [3.05, 3.63) is 9.67 Å². The van der Waals surface area contributed by atoms with Crippen LogP contribution in [0.5, 0.6) is 0 Å². The minimum absolute atomic E-state index is 0.0366. The monoisotopic (exact) mass is 534 g/mol. The van der Waals surface area contributed by atoms with Crippen molar-refractivity contribution in [3.63, 3.8) is 0 Å². The van der Waals surface area contributed by atoms with Gasteiger partial charge in [-0.2, -0.15) is 0 Å². The summed E-state index contributed by atoms with van der Waals surface area (Å²) in [5.74, 6) is -0.0366. The Balaban J connectivity index is 5.97. The maximum atomic E-state index is 13.1. The minimum atomic E-state index is -2.85. The number of rotatable bonds is 15. The zero-order chi connectivity index (χ0) is 22.6. The van der Waals surface area contributed by atoms with Gasteiger partial charge in [0, 0.05) is 0 Å². The van der Waals surface area contributed by atoms with Gasteiger partial charge >= 0.3 is 188 Å². The van der Waals surface area contributed by atoms with Crippen molar-refractivity contribution >= 4 is 32.7 Å².